The Morgan fingerprint density at radius 3 is 2.81 bits per heavy atom. The smallest absolute Gasteiger partial charge is 0.259 e. The second-order valence-electron chi connectivity index (χ2n) is 8.15. The van der Waals surface area contributed by atoms with Gasteiger partial charge in [0.2, 0.25) is 0 Å². The van der Waals surface area contributed by atoms with Crippen molar-refractivity contribution in [2.24, 2.45) is 10.9 Å². The summed E-state index contributed by atoms with van der Waals surface area (Å²) in [7, 11) is 0. The van der Waals surface area contributed by atoms with E-state index in [9.17, 15) is 13.6 Å². The minimum Gasteiger partial charge on any atom is -0.360 e. The van der Waals surface area contributed by atoms with Gasteiger partial charge >= 0.3 is 0 Å². The average Bonchev–Trinajstić information content (AvgIpc) is 3.50. The molecule has 31 heavy (non-hydrogen) atoms. The van der Waals surface area contributed by atoms with Crippen molar-refractivity contribution in [3.8, 4) is 11.3 Å². The third kappa shape index (κ3) is 3.54. The predicted octanol–water partition coefficient (Wildman–Crippen LogP) is 5.11. The molecule has 2 aliphatic heterocycles. The number of hydrogen-bond acceptors (Lipinski definition) is 4. The molecule has 2 aromatic carbocycles. The molecule has 2 aliphatic rings. The van der Waals surface area contributed by atoms with Crippen LogP contribution in [0.4, 0.5) is 14.5 Å². The molecule has 0 unspecified atom stereocenters. The number of amides is 1. The molecule has 7 heteroatoms. The number of hydrogen-bond donors (Lipinski definition) is 0. The van der Waals surface area contributed by atoms with Crippen LogP contribution in [0.3, 0.4) is 0 Å². The minimum absolute atomic E-state index is 0.0927. The number of benzene rings is 2. The van der Waals surface area contributed by atoms with Gasteiger partial charge in [0.05, 0.1) is 5.69 Å². The van der Waals surface area contributed by atoms with Gasteiger partial charge in [-0.25, -0.2) is 8.78 Å². The standard InChI is InChI=1S/C24H21F2N3O2/c1-14-21(23(28-31-14)16-5-3-2-4-6-16)24(30)29-10-9-15(13-29)11-17-12-18-20(27-17)8-7-19(25)22(18)26/h2-8,15H,9-13H2,1H3/t15-/m0/s1. The van der Waals surface area contributed by atoms with Crippen molar-refractivity contribution in [3.05, 3.63) is 71.0 Å². The molecular weight excluding hydrogens is 400 g/mol. The van der Waals surface area contributed by atoms with E-state index >= 15 is 0 Å². The number of halogens is 2. The van der Waals surface area contributed by atoms with Gasteiger partial charge in [0.25, 0.3) is 5.91 Å². The fourth-order valence-corrected chi connectivity index (χ4v) is 4.48. The zero-order valence-electron chi connectivity index (χ0n) is 17.1. The largest absolute Gasteiger partial charge is 0.360 e. The number of aromatic nitrogens is 1. The Bertz CT molecular complexity index is 1190. The predicted molar refractivity (Wildman–Crippen MR) is 112 cm³/mol. The topological polar surface area (TPSA) is 58.7 Å². The second kappa shape index (κ2) is 7.72. The van der Waals surface area contributed by atoms with Crippen molar-refractivity contribution in [3.63, 3.8) is 0 Å². The quantitative estimate of drug-likeness (QED) is 0.588. The summed E-state index contributed by atoms with van der Waals surface area (Å²) < 4.78 is 32.8. The SMILES string of the molecule is Cc1onc(-c2ccccc2)c1C(=O)N1CC[C@@H](CC2=Nc3ccc(F)c(F)c3C2)C1. The molecular formula is C24H21F2N3O2. The van der Waals surface area contributed by atoms with Crippen LogP contribution in [0.1, 0.15) is 34.5 Å². The van der Waals surface area contributed by atoms with Crippen molar-refractivity contribution in [1.82, 2.24) is 10.1 Å². The third-order valence-electron chi connectivity index (χ3n) is 6.05. The van der Waals surface area contributed by atoms with Crippen LogP contribution in [-0.2, 0) is 6.42 Å². The Morgan fingerprint density at radius 2 is 2.00 bits per heavy atom. The summed E-state index contributed by atoms with van der Waals surface area (Å²) in [6, 6.07) is 12.1. The van der Waals surface area contributed by atoms with Crippen LogP contribution in [0, 0.1) is 24.5 Å². The number of fused-ring (bicyclic) bond motifs is 1. The van der Waals surface area contributed by atoms with E-state index in [0.29, 0.717) is 54.2 Å². The van der Waals surface area contributed by atoms with Gasteiger partial charge in [0, 0.05) is 36.3 Å². The summed E-state index contributed by atoms with van der Waals surface area (Å²) in [5.41, 5.74) is 3.56. The van der Waals surface area contributed by atoms with E-state index in [-0.39, 0.29) is 11.8 Å². The summed E-state index contributed by atoms with van der Waals surface area (Å²) in [6.07, 6.45) is 1.82. The van der Waals surface area contributed by atoms with Gasteiger partial charge in [-0.2, -0.15) is 0 Å². The zero-order chi connectivity index (χ0) is 21.5. The first-order chi connectivity index (χ1) is 15.0. The van der Waals surface area contributed by atoms with Gasteiger partial charge in [-0.3, -0.25) is 9.79 Å². The average molecular weight is 421 g/mol. The Morgan fingerprint density at radius 1 is 1.19 bits per heavy atom. The lowest BCUT2D eigenvalue weighted by Crippen LogP contribution is -2.29. The molecule has 1 saturated heterocycles. The molecule has 3 heterocycles. The summed E-state index contributed by atoms with van der Waals surface area (Å²) in [5, 5.41) is 4.11. The number of carbonyl (C=O) groups is 1. The molecule has 158 valence electrons. The first-order valence-corrected chi connectivity index (χ1v) is 10.4. The van der Waals surface area contributed by atoms with Gasteiger partial charge in [-0.05, 0) is 37.8 Å². The highest BCUT2D eigenvalue weighted by Gasteiger charge is 2.33. The maximum atomic E-state index is 14.0. The Hall–Kier alpha value is -3.35. The molecule has 1 amide bonds. The van der Waals surface area contributed by atoms with E-state index < -0.39 is 11.6 Å². The molecule has 0 aliphatic carbocycles. The number of nitrogens with zero attached hydrogens (tertiary/aromatic N) is 3. The van der Waals surface area contributed by atoms with Crippen LogP contribution in [0.15, 0.2) is 52.0 Å². The number of aryl methyl sites for hydroxylation is 1. The van der Waals surface area contributed by atoms with Crippen molar-refractivity contribution < 1.29 is 18.1 Å². The molecule has 1 aromatic heterocycles. The van der Waals surface area contributed by atoms with Crippen molar-refractivity contribution in [2.75, 3.05) is 13.1 Å². The fraction of sp³-hybridized carbons (Fsp3) is 0.292. The normalized spacial score (nSPS) is 17.7. The molecule has 1 fully saturated rings. The fourth-order valence-electron chi connectivity index (χ4n) is 4.48. The number of likely N-dealkylation sites (tertiary alicyclic amines) is 1. The van der Waals surface area contributed by atoms with E-state index in [0.717, 1.165) is 23.8 Å². The van der Waals surface area contributed by atoms with E-state index in [1.165, 1.54) is 6.07 Å². The molecule has 0 spiro atoms. The van der Waals surface area contributed by atoms with Crippen molar-refractivity contribution in [1.29, 1.82) is 0 Å². The van der Waals surface area contributed by atoms with Crippen molar-refractivity contribution in [2.45, 2.75) is 26.2 Å². The molecule has 1 atom stereocenters. The minimum atomic E-state index is -0.842. The highest BCUT2D eigenvalue weighted by atomic mass is 19.2. The van der Waals surface area contributed by atoms with Crippen LogP contribution in [0.2, 0.25) is 0 Å². The lowest BCUT2D eigenvalue weighted by Gasteiger charge is -2.17. The maximum Gasteiger partial charge on any atom is 0.259 e. The maximum absolute atomic E-state index is 14.0. The number of rotatable bonds is 4. The van der Waals surface area contributed by atoms with Gasteiger partial charge < -0.3 is 9.42 Å². The summed E-state index contributed by atoms with van der Waals surface area (Å²) >= 11 is 0. The lowest BCUT2D eigenvalue weighted by molar-refractivity contribution is 0.0786. The Labute approximate surface area is 178 Å². The van der Waals surface area contributed by atoms with Crippen LogP contribution >= 0.6 is 0 Å². The van der Waals surface area contributed by atoms with Crippen LogP contribution in [0.5, 0.6) is 0 Å². The lowest BCUT2D eigenvalue weighted by atomic mass is 9.98. The number of aliphatic imine (C=N–C) groups is 1. The van der Waals surface area contributed by atoms with Crippen molar-refractivity contribution >= 4 is 17.3 Å². The summed E-state index contributed by atoms with van der Waals surface area (Å²) in [5.74, 6) is -1.02. The zero-order valence-corrected chi connectivity index (χ0v) is 17.1. The van der Waals surface area contributed by atoms with E-state index in [4.69, 9.17) is 4.52 Å². The van der Waals surface area contributed by atoms with Gasteiger partial charge in [-0.1, -0.05) is 35.5 Å². The highest BCUT2D eigenvalue weighted by Crippen LogP contribution is 2.34. The molecule has 5 nitrogen and oxygen atoms in total. The second-order valence-corrected chi connectivity index (χ2v) is 8.15. The van der Waals surface area contributed by atoms with Crippen LogP contribution in [0.25, 0.3) is 11.3 Å². The van der Waals surface area contributed by atoms with Crippen LogP contribution in [-0.4, -0.2) is 34.8 Å². The summed E-state index contributed by atoms with van der Waals surface area (Å²) in [6.45, 7) is 2.97. The Kier molecular flexibility index (Phi) is 4.88. The molecule has 0 bridgehead atoms. The summed E-state index contributed by atoms with van der Waals surface area (Å²) in [4.78, 5) is 19.6. The van der Waals surface area contributed by atoms with E-state index in [1.807, 2.05) is 35.2 Å². The molecule has 0 radical (unpaired) electrons. The van der Waals surface area contributed by atoms with Gasteiger partial charge in [-0.15, -0.1) is 0 Å². The molecule has 3 aromatic rings. The highest BCUT2D eigenvalue weighted by molar-refractivity contribution is 6.01. The first-order valence-electron chi connectivity index (χ1n) is 10.4. The monoisotopic (exact) mass is 421 g/mol. The Balaban J connectivity index is 1.29. The van der Waals surface area contributed by atoms with Gasteiger partial charge in [0.15, 0.2) is 11.6 Å². The van der Waals surface area contributed by atoms with Gasteiger partial charge in [0.1, 0.15) is 17.0 Å². The van der Waals surface area contributed by atoms with Crippen LogP contribution < -0.4 is 0 Å². The molecule has 0 saturated carbocycles. The van der Waals surface area contributed by atoms with E-state index in [1.54, 1.807) is 6.92 Å². The molecule has 0 N–H and O–H groups in total. The number of carbonyl (C=O) groups excluding carboxylic acids is 1. The van der Waals surface area contributed by atoms with E-state index in [2.05, 4.69) is 10.1 Å². The first kappa shape index (κ1) is 19.6. The molecule has 5 rings (SSSR count). The third-order valence-corrected chi connectivity index (χ3v) is 6.05.